The van der Waals surface area contributed by atoms with Crippen LogP contribution in [0.5, 0.6) is 0 Å². The van der Waals surface area contributed by atoms with E-state index in [0.717, 1.165) is 0 Å². The predicted molar refractivity (Wildman–Crippen MR) is 106 cm³/mol. The molecule has 0 aliphatic rings. The molecule has 1 rings (SSSR count). The maximum Gasteiger partial charge on any atom is 0.426 e. The van der Waals surface area contributed by atoms with Crippen molar-refractivity contribution >= 4 is 22.1 Å². The third-order valence-electron chi connectivity index (χ3n) is 4.40. The highest BCUT2D eigenvalue weighted by Crippen LogP contribution is 2.46. The topological polar surface area (TPSA) is 146 Å². The lowest BCUT2D eigenvalue weighted by atomic mass is 9.95. The molecule has 1 atom stereocenters. The summed E-state index contributed by atoms with van der Waals surface area (Å²) in [6, 6.07) is 1.75. The third kappa shape index (κ3) is 8.58. The van der Waals surface area contributed by atoms with E-state index in [1.807, 2.05) is 0 Å². The first-order valence-corrected chi connectivity index (χ1v) is 11.2. The van der Waals surface area contributed by atoms with Crippen molar-refractivity contribution < 1.29 is 73.0 Å². The number of benzene rings is 1. The summed E-state index contributed by atoms with van der Waals surface area (Å²) in [4.78, 5) is 23.5. The van der Waals surface area contributed by atoms with E-state index in [0.29, 0.717) is 25.1 Å². The second kappa shape index (κ2) is 12.2. The molecule has 0 saturated heterocycles. The van der Waals surface area contributed by atoms with Crippen LogP contribution in [0.3, 0.4) is 0 Å². The van der Waals surface area contributed by atoms with Gasteiger partial charge in [-0.15, -0.1) is 0 Å². The molecule has 0 aliphatic carbocycles. The maximum atomic E-state index is 12.9. The molecule has 0 aromatic heterocycles. The van der Waals surface area contributed by atoms with Crippen molar-refractivity contribution in [2.75, 3.05) is 33.5 Å². The van der Waals surface area contributed by atoms with Gasteiger partial charge in [0, 0.05) is 13.5 Å². The largest absolute Gasteiger partial charge is 0.460 e. The number of halogens is 6. The number of aliphatic hydroxyl groups is 1. The van der Waals surface area contributed by atoms with E-state index in [2.05, 4.69) is 4.74 Å². The van der Waals surface area contributed by atoms with E-state index in [1.54, 1.807) is 0 Å². The summed E-state index contributed by atoms with van der Waals surface area (Å²) in [7, 11) is -3.62. The van der Waals surface area contributed by atoms with Gasteiger partial charge in [-0.05, 0) is 25.1 Å². The zero-order valence-electron chi connectivity index (χ0n) is 18.7. The molecule has 0 heterocycles. The average Bonchev–Trinajstić information content (AvgIpc) is 2.73. The Kier molecular flexibility index (Phi) is 10.7. The van der Waals surface area contributed by atoms with Crippen LogP contribution < -0.4 is 0 Å². The van der Waals surface area contributed by atoms with E-state index in [9.17, 15) is 54.0 Å². The van der Waals surface area contributed by atoms with Gasteiger partial charge in [0.2, 0.25) is 0 Å². The Morgan fingerprint density at radius 3 is 1.89 bits per heavy atom. The van der Waals surface area contributed by atoms with Gasteiger partial charge in [0.05, 0.1) is 35.8 Å². The minimum Gasteiger partial charge on any atom is -0.460 e. The Balaban J connectivity index is 3.11. The molecule has 0 fully saturated rings. The number of ether oxygens (including phenoxy) is 4. The third-order valence-corrected chi connectivity index (χ3v) is 5.23. The van der Waals surface area contributed by atoms with Crippen LogP contribution >= 0.6 is 0 Å². The second-order valence-corrected chi connectivity index (χ2v) is 8.66. The van der Waals surface area contributed by atoms with Crippen LogP contribution in [0.4, 0.5) is 26.3 Å². The molecular formula is C19H22F6O10S. The van der Waals surface area contributed by atoms with E-state index < -0.39 is 68.6 Å². The van der Waals surface area contributed by atoms with E-state index in [-0.39, 0.29) is 26.4 Å². The molecule has 1 aromatic rings. The fourth-order valence-corrected chi connectivity index (χ4v) is 3.16. The van der Waals surface area contributed by atoms with Crippen LogP contribution in [0.15, 0.2) is 23.1 Å². The van der Waals surface area contributed by atoms with Crippen LogP contribution in [-0.2, 0) is 29.1 Å². The Morgan fingerprint density at radius 1 is 0.917 bits per heavy atom. The Hall–Kier alpha value is -2.47. The van der Waals surface area contributed by atoms with E-state index in [4.69, 9.17) is 14.2 Å². The molecule has 2 N–H and O–H groups in total. The molecule has 0 amide bonds. The molecule has 0 radical (unpaired) electrons. The Morgan fingerprint density at radius 2 is 1.42 bits per heavy atom. The van der Waals surface area contributed by atoms with Gasteiger partial charge in [0.25, 0.3) is 15.7 Å². The molecule has 10 nitrogen and oxygen atoms in total. The second-order valence-electron chi connectivity index (χ2n) is 7.24. The normalized spacial score (nSPS) is 13.8. The molecule has 0 bridgehead atoms. The zero-order chi connectivity index (χ0) is 27.9. The first-order valence-electron chi connectivity index (χ1n) is 9.76. The van der Waals surface area contributed by atoms with Gasteiger partial charge in [0.15, 0.2) is 0 Å². The number of rotatable bonds is 12. The highest BCUT2D eigenvalue weighted by Gasteiger charge is 2.70. The summed E-state index contributed by atoms with van der Waals surface area (Å²) >= 11 is 0. The molecule has 0 saturated carbocycles. The molecule has 0 spiro atoms. The number of alkyl halides is 6. The van der Waals surface area contributed by atoms with Gasteiger partial charge >= 0.3 is 24.3 Å². The number of methoxy groups -OCH3 is 1. The van der Waals surface area contributed by atoms with Crippen LogP contribution in [0, 0.1) is 0 Å². The maximum absolute atomic E-state index is 12.9. The minimum atomic E-state index is -6.17. The summed E-state index contributed by atoms with van der Waals surface area (Å²) in [6.07, 6.45) is -16.7. The van der Waals surface area contributed by atoms with Crippen molar-refractivity contribution in [3.8, 4) is 0 Å². The summed E-state index contributed by atoms with van der Waals surface area (Å²) in [5.41, 5.74) is -6.66. The number of carbonyl (C=O) groups is 2. The van der Waals surface area contributed by atoms with E-state index in [1.165, 1.54) is 7.11 Å². The first kappa shape index (κ1) is 31.6. The molecule has 206 valence electrons. The number of hydrogen-bond donors (Lipinski definition) is 2. The number of hydrogen-bond acceptors (Lipinski definition) is 9. The molecule has 36 heavy (non-hydrogen) atoms. The van der Waals surface area contributed by atoms with Crippen molar-refractivity contribution in [1.29, 1.82) is 0 Å². The summed E-state index contributed by atoms with van der Waals surface area (Å²) in [5.74, 6) is -2.86. The number of carbonyl (C=O) groups excluding carboxylic acids is 2. The Labute approximate surface area is 200 Å². The van der Waals surface area contributed by atoms with Crippen LogP contribution in [0.1, 0.15) is 34.1 Å². The van der Waals surface area contributed by atoms with Gasteiger partial charge < -0.3 is 24.1 Å². The SMILES string of the molecule is COCCOCCOC(=O)c1cc(C(=O)OC(C)CC(O)(C(F)(F)F)C(F)(F)F)cc(S(=O)(=O)O)c1. The standard InChI is InChI=1S/C19H22F6O10S/c1-11(10-17(28,18(20,21)22)19(23,24)25)35-16(27)13-7-12(8-14(9-13)36(29,30)31)15(26)34-6-5-33-4-3-32-2/h7-9,11,28H,3-6,10H2,1-2H3,(H,29,30,31). The molecule has 0 aliphatic heterocycles. The summed E-state index contributed by atoms with van der Waals surface area (Å²) in [5, 5.41) is 9.22. The smallest absolute Gasteiger partial charge is 0.426 e. The van der Waals surface area contributed by atoms with Gasteiger partial charge in [-0.1, -0.05) is 0 Å². The lowest BCUT2D eigenvalue weighted by Gasteiger charge is -2.33. The monoisotopic (exact) mass is 556 g/mol. The van der Waals surface area contributed by atoms with Crippen LogP contribution in [-0.4, -0.2) is 87.6 Å². The highest BCUT2D eigenvalue weighted by atomic mass is 32.2. The first-order chi connectivity index (χ1) is 16.3. The Bertz CT molecular complexity index is 1010. The lowest BCUT2D eigenvalue weighted by Crippen LogP contribution is -2.58. The quantitative estimate of drug-likeness (QED) is 0.171. The van der Waals surface area contributed by atoms with Crippen LogP contribution in [0.2, 0.25) is 0 Å². The van der Waals surface area contributed by atoms with Crippen molar-refractivity contribution in [3.63, 3.8) is 0 Å². The molecule has 1 unspecified atom stereocenters. The minimum absolute atomic E-state index is 0.0964. The van der Waals surface area contributed by atoms with Gasteiger partial charge in [-0.3, -0.25) is 4.55 Å². The lowest BCUT2D eigenvalue weighted by molar-refractivity contribution is -0.373. The molecule has 17 heteroatoms. The number of esters is 2. The van der Waals surface area contributed by atoms with Crippen molar-refractivity contribution in [2.45, 2.75) is 42.3 Å². The van der Waals surface area contributed by atoms with Gasteiger partial charge in [0.1, 0.15) is 12.7 Å². The molecule has 1 aromatic carbocycles. The fraction of sp³-hybridized carbons (Fsp3) is 0.579. The summed E-state index contributed by atoms with van der Waals surface area (Å²) < 4.78 is 129. The molecular weight excluding hydrogens is 534 g/mol. The fourth-order valence-electron chi connectivity index (χ4n) is 2.61. The van der Waals surface area contributed by atoms with Crippen LogP contribution in [0.25, 0.3) is 0 Å². The zero-order valence-corrected chi connectivity index (χ0v) is 19.5. The van der Waals surface area contributed by atoms with Gasteiger partial charge in [-0.25, -0.2) is 9.59 Å². The average molecular weight is 556 g/mol. The highest BCUT2D eigenvalue weighted by molar-refractivity contribution is 7.85. The van der Waals surface area contributed by atoms with Crippen molar-refractivity contribution in [3.05, 3.63) is 29.3 Å². The van der Waals surface area contributed by atoms with Crippen molar-refractivity contribution in [2.24, 2.45) is 0 Å². The van der Waals surface area contributed by atoms with Crippen molar-refractivity contribution in [1.82, 2.24) is 0 Å². The summed E-state index contributed by atoms with van der Waals surface area (Å²) in [6.45, 7) is 0.603. The van der Waals surface area contributed by atoms with Gasteiger partial charge in [-0.2, -0.15) is 34.8 Å². The van der Waals surface area contributed by atoms with E-state index >= 15 is 0 Å². The predicted octanol–water partition coefficient (Wildman–Crippen LogP) is 2.54.